The number of carbonyl (C=O) groups excluding carboxylic acids is 1. The predicted molar refractivity (Wildman–Crippen MR) is 79.5 cm³/mol. The maximum absolute atomic E-state index is 12.1. The molecule has 0 aliphatic heterocycles. The van der Waals surface area contributed by atoms with Gasteiger partial charge in [-0.2, -0.15) is 0 Å². The number of hydrogen-bond acceptors (Lipinski definition) is 5. The predicted octanol–water partition coefficient (Wildman–Crippen LogP) is 3.12. The van der Waals surface area contributed by atoms with E-state index in [0.29, 0.717) is 5.71 Å². The molecule has 0 spiro atoms. The molecule has 0 aliphatic carbocycles. The number of ether oxygens (including phenoxy) is 1. The summed E-state index contributed by atoms with van der Waals surface area (Å²) in [6, 6.07) is 9.30. The summed E-state index contributed by atoms with van der Waals surface area (Å²) in [6.45, 7) is 7.06. The van der Waals surface area contributed by atoms with E-state index in [-0.39, 0.29) is 5.71 Å². The van der Waals surface area contributed by atoms with E-state index in [1.165, 1.54) is 7.11 Å². The Kier molecular flexibility index (Phi) is 5.43. The Labute approximate surface area is 119 Å². The zero-order chi connectivity index (χ0) is 15.2. The van der Waals surface area contributed by atoms with E-state index in [0.717, 1.165) is 5.69 Å². The largest absolute Gasteiger partial charge is 0.455 e. The molecule has 1 rings (SSSR count). The van der Waals surface area contributed by atoms with Crippen LogP contribution in [0, 0.1) is 0 Å². The van der Waals surface area contributed by atoms with Crippen molar-refractivity contribution < 1.29 is 14.4 Å². The van der Waals surface area contributed by atoms with Gasteiger partial charge in [-0.3, -0.25) is 4.99 Å². The van der Waals surface area contributed by atoms with Crippen LogP contribution in [0.3, 0.4) is 0 Å². The fraction of sp³-hybridized carbons (Fsp3) is 0.400. The first-order chi connectivity index (χ1) is 9.33. The van der Waals surface area contributed by atoms with Crippen LogP contribution in [0.5, 0.6) is 0 Å². The highest BCUT2D eigenvalue weighted by atomic mass is 16.6. The molecule has 5 heteroatoms. The lowest BCUT2D eigenvalue weighted by molar-refractivity contribution is -0.146. The van der Waals surface area contributed by atoms with Crippen molar-refractivity contribution >= 4 is 23.1 Å². The molecule has 5 nitrogen and oxygen atoms in total. The SMILES string of the molecule is CO/N=C(\C(=O)OC(C)(C)C)C(C)=Nc1ccccc1. The Hall–Kier alpha value is -2.17. The molecule has 0 amide bonds. The van der Waals surface area contributed by atoms with E-state index in [2.05, 4.69) is 10.1 Å². The van der Waals surface area contributed by atoms with Gasteiger partial charge in [0, 0.05) is 0 Å². The third kappa shape index (κ3) is 5.22. The fourth-order valence-corrected chi connectivity index (χ4v) is 1.42. The number of rotatable bonds is 4. The Morgan fingerprint density at radius 1 is 1.15 bits per heavy atom. The first-order valence-electron chi connectivity index (χ1n) is 6.28. The van der Waals surface area contributed by atoms with Crippen LogP contribution in [-0.2, 0) is 14.4 Å². The Morgan fingerprint density at radius 2 is 1.75 bits per heavy atom. The Balaban J connectivity index is 3.00. The fourth-order valence-electron chi connectivity index (χ4n) is 1.42. The number of benzene rings is 1. The lowest BCUT2D eigenvalue weighted by Gasteiger charge is -2.19. The van der Waals surface area contributed by atoms with Crippen molar-refractivity contribution in [3.63, 3.8) is 0 Å². The highest BCUT2D eigenvalue weighted by Gasteiger charge is 2.24. The molecule has 0 atom stereocenters. The number of nitrogens with zero attached hydrogens (tertiary/aromatic N) is 2. The molecule has 1 aromatic rings. The van der Waals surface area contributed by atoms with Crippen molar-refractivity contribution in [2.75, 3.05) is 7.11 Å². The third-order valence-electron chi connectivity index (χ3n) is 2.17. The molecule has 0 fully saturated rings. The van der Waals surface area contributed by atoms with Gasteiger partial charge in [-0.05, 0) is 39.8 Å². The van der Waals surface area contributed by atoms with Crippen LogP contribution in [0.25, 0.3) is 0 Å². The van der Waals surface area contributed by atoms with Gasteiger partial charge >= 0.3 is 5.97 Å². The monoisotopic (exact) mass is 276 g/mol. The molecular weight excluding hydrogens is 256 g/mol. The van der Waals surface area contributed by atoms with Crippen molar-refractivity contribution in [2.24, 2.45) is 10.1 Å². The number of esters is 1. The summed E-state index contributed by atoms with van der Waals surface area (Å²) >= 11 is 0. The summed E-state index contributed by atoms with van der Waals surface area (Å²) < 4.78 is 5.28. The number of aliphatic imine (C=N–C) groups is 1. The van der Waals surface area contributed by atoms with E-state index < -0.39 is 11.6 Å². The quantitative estimate of drug-likeness (QED) is 0.482. The molecule has 1 aromatic carbocycles. The molecule has 0 heterocycles. The van der Waals surface area contributed by atoms with Gasteiger partial charge in [0.1, 0.15) is 12.7 Å². The van der Waals surface area contributed by atoms with E-state index in [1.807, 2.05) is 30.3 Å². The molecule has 0 saturated heterocycles. The summed E-state index contributed by atoms with van der Waals surface area (Å²) in [7, 11) is 1.38. The summed E-state index contributed by atoms with van der Waals surface area (Å²) in [5, 5.41) is 3.72. The van der Waals surface area contributed by atoms with Crippen molar-refractivity contribution in [3.05, 3.63) is 30.3 Å². The van der Waals surface area contributed by atoms with Gasteiger partial charge in [0.15, 0.2) is 0 Å². The lowest BCUT2D eigenvalue weighted by Crippen LogP contribution is -2.32. The molecule has 0 saturated carbocycles. The molecular formula is C15H20N2O3. The molecule has 0 aliphatic rings. The van der Waals surface area contributed by atoms with Crippen LogP contribution >= 0.6 is 0 Å². The molecule has 108 valence electrons. The van der Waals surface area contributed by atoms with E-state index in [4.69, 9.17) is 9.57 Å². The van der Waals surface area contributed by atoms with Crippen LogP contribution in [0.15, 0.2) is 40.5 Å². The topological polar surface area (TPSA) is 60.2 Å². The van der Waals surface area contributed by atoms with E-state index in [1.54, 1.807) is 27.7 Å². The van der Waals surface area contributed by atoms with Gasteiger partial charge in [0.25, 0.3) is 0 Å². The third-order valence-corrected chi connectivity index (χ3v) is 2.17. The average Bonchev–Trinajstić information content (AvgIpc) is 2.34. The normalized spacial score (nSPS) is 13.1. The highest BCUT2D eigenvalue weighted by molar-refractivity contribution is 6.65. The molecule has 0 unspecified atom stereocenters. The molecule has 0 bridgehead atoms. The van der Waals surface area contributed by atoms with Gasteiger partial charge in [-0.1, -0.05) is 23.4 Å². The second-order valence-electron chi connectivity index (χ2n) is 5.16. The van der Waals surface area contributed by atoms with Gasteiger partial charge in [-0.25, -0.2) is 4.79 Å². The number of oxime groups is 1. The number of para-hydroxylation sites is 1. The van der Waals surface area contributed by atoms with Crippen molar-refractivity contribution in [1.29, 1.82) is 0 Å². The van der Waals surface area contributed by atoms with Gasteiger partial charge < -0.3 is 9.57 Å². The lowest BCUT2D eigenvalue weighted by atomic mass is 10.2. The first kappa shape index (κ1) is 15.9. The highest BCUT2D eigenvalue weighted by Crippen LogP contribution is 2.12. The maximum Gasteiger partial charge on any atom is 0.362 e. The second kappa shape index (κ2) is 6.84. The van der Waals surface area contributed by atoms with Gasteiger partial charge in [-0.15, -0.1) is 0 Å². The van der Waals surface area contributed by atoms with Crippen molar-refractivity contribution in [2.45, 2.75) is 33.3 Å². The van der Waals surface area contributed by atoms with E-state index in [9.17, 15) is 4.79 Å². The van der Waals surface area contributed by atoms with Gasteiger partial charge in [0.2, 0.25) is 5.71 Å². The minimum atomic E-state index is -0.599. The standard InChI is InChI=1S/C15H20N2O3/c1-11(16-12-9-7-6-8-10-12)13(17-19-5)14(18)20-15(2,3)4/h6-10H,1-5H3/b16-11?,17-13-. The van der Waals surface area contributed by atoms with Crippen molar-refractivity contribution in [3.8, 4) is 0 Å². The van der Waals surface area contributed by atoms with Crippen molar-refractivity contribution in [1.82, 2.24) is 0 Å². The van der Waals surface area contributed by atoms with Crippen LogP contribution in [0.4, 0.5) is 5.69 Å². The maximum atomic E-state index is 12.1. The smallest absolute Gasteiger partial charge is 0.362 e. The van der Waals surface area contributed by atoms with Crippen LogP contribution < -0.4 is 0 Å². The molecule has 0 N–H and O–H groups in total. The zero-order valence-corrected chi connectivity index (χ0v) is 12.5. The average molecular weight is 276 g/mol. The van der Waals surface area contributed by atoms with E-state index >= 15 is 0 Å². The first-order valence-corrected chi connectivity index (χ1v) is 6.28. The van der Waals surface area contributed by atoms with Gasteiger partial charge in [0.05, 0.1) is 11.4 Å². The Bertz CT molecular complexity index is 514. The van der Waals surface area contributed by atoms with Crippen LogP contribution in [0.2, 0.25) is 0 Å². The Morgan fingerprint density at radius 3 is 2.25 bits per heavy atom. The minimum absolute atomic E-state index is 0.0614. The number of carbonyl (C=O) groups is 1. The minimum Gasteiger partial charge on any atom is -0.455 e. The summed E-state index contributed by atoms with van der Waals surface area (Å²) in [5.41, 5.74) is 0.634. The number of hydrogen-bond donors (Lipinski definition) is 0. The van der Waals surface area contributed by atoms with Crippen LogP contribution in [-0.4, -0.2) is 30.1 Å². The zero-order valence-electron chi connectivity index (χ0n) is 12.5. The summed E-state index contributed by atoms with van der Waals surface area (Å²) in [5.74, 6) is -0.559. The molecule has 0 aromatic heterocycles. The second-order valence-corrected chi connectivity index (χ2v) is 5.16. The summed E-state index contributed by atoms with van der Waals surface area (Å²) in [4.78, 5) is 21.1. The van der Waals surface area contributed by atoms with Crippen LogP contribution in [0.1, 0.15) is 27.7 Å². The molecule has 0 radical (unpaired) electrons. The molecule has 20 heavy (non-hydrogen) atoms. The summed E-state index contributed by atoms with van der Waals surface area (Å²) in [6.07, 6.45) is 0.